The third-order valence-corrected chi connectivity index (χ3v) is 5.43. The van der Waals surface area contributed by atoms with Crippen molar-refractivity contribution in [2.75, 3.05) is 20.0 Å². The van der Waals surface area contributed by atoms with Gasteiger partial charge in [-0.25, -0.2) is 17.4 Å². The molecule has 0 aliphatic rings. The van der Waals surface area contributed by atoms with Crippen molar-refractivity contribution in [1.29, 1.82) is 0 Å². The fourth-order valence-electron chi connectivity index (χ4n) is 2.49. The summed E-state index contributed by atoms with van der Waals surface area (Å²) in [5.41, 5.74) is 7.20. The minimum absolute atomic E-state index is 0.0651. The van der Waals surface area contributed by atoms with E-state index in [0.717, 1.165) is 9.54 Å². The lowest BCUT2D eigenvalue weighted by atomic mass is 10.2. The van der Waals surface area contributed by atoms with Crippen LogP contribution in [0.15, 0.2) is 41.6 Å². The Kier molecular flexibility index (Phi) is 3.84. The first-order chi connectivity index (χ1) is 11.4. The highest BCUT2D eigenvalue weighted by atomic mass is 32.2. The van der Waals surface area contributed by atoms with E-state index in [1.54, 1.807) is 6.07 Å². The molecule has 0 bridgehead atoms. The number of fused-ring (bicyclic) bond motifs is 1. The summed E-state index contributed by atoms with van der Waals surface area (Å²) in [5, 5.41) is 0.708. The number of hydrogen-bond donors (Lipinski definition) is 1. The Labute approximate surface area is 139 Å². The summed E-state index contributed by atoms with van der Waals surface area (Å²) in [6.45, 7) is 1.82. The lowest BCUT2D eigenvalue weighted by Gasteiger charge is -2.10. The van der Waals surface area contributed by atoms with Crippen LogP contribution in [0.1, 0.15) is 5.56 Å². The first-order valence-electron chi connectivity index (χ1n) is 7.09. The van der Waals surface area contributed by atoms with Crippen LogP contribution in [0.5, 0.6) is 11.5 Å². The lowest BCUT2D eigenvalue weighted by molar-refractivity contribution is 0.413. The predicted octanol–water partition coefficient (Wildman–Crippen LogP) is 2.18. The average Bonchev–Trinajstić information content (AvgIpc) is 2.91. The van der Waals surface area contributed by atoms with Gasteiger partial charge in [0, 0.05) is 11.6 Å². The molecule has 24 heavy (non-hydrogen) atoms. The minimum atomic E-state index is -3.83. The molecule has 2 heterocycles. The van der Waals surface area contributed by atoms with Gasteiger partial charge in [-0.3, -0.25) is 0 Å². The summed E-state index contributed by atoms with van der Waals surface area (Å²) < 4.78 is 37.3. The van der Waals surface area contributed by atoms with E-state index in [2.05, 4.69) is 4.98 Å². The summed E-state index contributed by atoms with van der Waals surface area (Å²) in [6.07, 6.45) is 3.02. The largest absolute Gasteiger partial charge is 0.495 e. The minimum Gasteiger partial charge on any atom is -0.495 e. The van der Waals surface area contributed by atoms with Crippen molar-refractivity contribution < 1.29 is 17.9 Å². The van der Waals surface area contributed by atoms with Gasteiger partial charge in [0.25, 0.3) is 10.0 Å². The van der Waals surface area contributed by atoms with Crippen LogP contribution >= 0.6 is 0 Å². The van der Waals surface area contributed by atoms with Gasteiger partial charge in [0.05, 0.1) is 31.0 Å². The molecule has 1 aromatic carbocycles. The van der Waals surface area contributed by atoms with Gasteiger partial charge in [-0.15, -0.1) is 0 Å². The van der Waals surface area contributed by atoms with E-state index < -0.39 is 10.0 Å². The Morgan fingerprint density at radius 3 is 2.54 bits per heavy atom. The number of rotatable bonds is 4. The normalized spacial score (nSPS) is 11.6. The zero-order valence-corrected chi connectivity index (χ0v) is 14.3. The molecule has 3 rings (SSSR count). The third kappa shape index (κ3) is 2.44. The van der Waals surface area contributed by atoms with Crippen molar-refractivity contribution in [2.24, 2.45) is 0 Å². The van der Waals surface area contributed by atoms with Crippen LogP contribution in [0.3, 0.4) is 0 Å². The van der Waals surface area contributed by atoms with E-state index in [1.807, 2.05) is 6.92 Å². The number of methoxy groups -OCH3 is 2. The third-order valence-electron chi connectivity index (χ3n) is 3.78. The zero-order chi connectivity index (χ0) is 17.5. The van der Waals surface area contributed by atoms with Crippen molar-refractivity contribution in [1.82, 2.24) is 8.96 Å². The maximum absolute atomic E-state index is 13.0. The second-order valence-corrected chi connectivity index (χ2v) is 7.08. The number of nitrogens with two attached hydrogens (primary N) is 1. The molecule has 2 N–H and O–H groups in total. The number of ether oxygens (including phenoxy) is 2. The number of nitrogens with zero attached hydrogens (tertiary/aromatic N) is 2. The van der Waals surface area contributed by atoms with E-state index in [4.69, 9.17) is 15.2 Å². The summed E-state index contributed by atoms with van der Waals surface area (Å²) in [5.74, 6) is 0.986. The summed E-state index contributed by atoms with van der Waals surface area (Å²) in [4.78, 5) is 4.29. The van der Waals surface area contributed by atoms with Crippen LogP contribution in [-0.4, -0.2) is 31.6 Å². The van der Waals surface area contributed by atoms with Gasteiger partial charge in [0.2, 0.25) is 0 Å². The van der Waals surface area contributed by atoms with Gasteiger partial charge in [-0.05, 0) is 36.8 Å². The average molecular weight is 347 g/mol. The number of nitrogen functional groups attached to an aromatic ring is 1. The quantitative estimate of drug-likeness (QED) is 0.727. The molecule has 0 unspecified atom stereocenters. The summed E-state index contributed by atoms with van der Waals surface area (Å²) in [6, 6.07) is 6.11. The predicted molar refractivity (Wildman–Crippen MR) is 91.0 cm³/mol. The standard InChI is InChI=1S/C16H17N3O4S/c1-10-9-19(16-13(10)6-11(22-2)8-18-16)24(20,21)12-4-5-15(23-3)14(17)7-12/h4-9H,17H2,1-3H3. The zero-order valence-electron chi connectivity index (χ0n) is 13.5. The van der Waals surface area contributed by atoms with Gasteiger partial charge in [0.1, 0.15) is 11.5 Å². The molecule has 2 aromatic heterocycles. The van der Waals surface area contributed by atoms with E-state index in [-0.39, 0.29) is 10.6 Å². The molecule has 0 saturated carbocycles. The lowest BCUT2D eigenvalue weighted by Crippen LogP contribution is -2.13. The Balaban J connectivity index is 2.20. The Morgan fingerprint density at radius 1 is 1.17 bits per heavy atom. The van der Waals surface area contributed by atoms with Gasteiger partial charge < -0.3 is 15.2 Å². The SMILES string of the molecule is COc1cnc2c(c1)c(C)cn2S(=O)(=O)c1ccc(OC)c(N)c1. The number of anilines is 1. The fourth-order valence-corrected chi connectivity index (χ4v) is 3.91. The second-order valence-electron chi connectivity index (χ2n) is 5.26. The first-order valence-corrected chi connectivity index (χ1v) is 8.53. The maximum Gasteiger partial charge on any atom is 0.269 e. The first kappa shape index (κ1) is 16.1. The Morgan fingerprint density at radius 2 is 1.92 bits per heavy atom. The van der Waals surface area contributed by atoms with Gasteiger partial charge >= 0.3 is 0 Å². The van der Waals surface area contributed by atoms with Gasteiger partial charge in [-0.2, -0.15) is 0 Å². The van der Waals surface area contributed by atoms with E-state index >= 15 is 0 Å². The van der Waals surface area contributed by atoms with Crippen molar-refractivity contribution in [3.8, 4) is 11.5 Å². The summed E-state index contributed by atoms with van der Waals surface area (Å²) >= 11 is 0. The van der Waals surface area contributed by atoms with Crippen LogP contribution in [0.25, 0.3) is 11.0 Å². The number of hydrogen-bond acceptors (Lipinski definition) is 6. The monoisotopic (exact) mass is 347 g/mol. The molecular weight excluding hydrogens is 330 g/mol. The van der Waals surface area contributed by atoms with E-state index in [1.165, 1.54) is 44.8 Å². The smallest absolute Gasteiger partial charge is 0.269 e. The molecule has 0 radical (unpaired) electrons. The highest BCUT2D eigenvalue weighted by Crippen LogP contribution is 2.29. The van der Waals surface area contributed by atoms with Gasteiger partial charge in [0.15, 0.2) is 5.65 Å². The summed E-state index contributed by atoms with van der Waals surface area (Å²) in [7, 11) is -0.828. The van der Waals surface area contributed by atoms with Gasteiger partial charge in [-0.1, -0.05) is 0 Å². The maximum atomic E-state index is 13.0. The molecule has 0 aliphatic carbocycles. The van der Waals surface area contributed by atoms with Crippen LogP contribution < -0.4 is 15.2 Å². The molecule has 7 nitrogen and oxygen atoms in total. The van der Waals surface area contributed by atoms with Crippen LogP contribution in [0.2, 0.25) is 0 Å². The molecule has 0 amide bonds. The highest BCUT2D eigenvalue weighted by Gasteiger charge is 2.22. The number of aromatic nitrogens is 2. The highest BCUT2D eigenvalue weighted by molar-refractivity contribution is 7.90. The van der Waals surface area contributed by atoms with Crippen molar-refractivity contribution >= 4 is 26.7 Å². The molecule has 0 saturated heterocycles. The second kappa shape index (κ2) is 5.72. The number of aryl methyl sites for hydroxylation is 1. The fraction of sp³-hybridized carbons (Fsp3) is 0.188. The van der Waals surface area contributed by atoms with Crippen LogP contribution in [-0.2, 0) is 10.0 Å². The molecule has 0 atom stereocenters. The number of benzene rings is 1. The van der Waals surface area contributed by atoms with Crippen LogP contribution in [0, 0.1) is 6.92 Å². The molecular formula is C16H17N3O4S. The molecule has 8 heteroatoms. The van der Waals surface area contributed by atoms with E-state index in [9.17, 15) is 8.42 Å². The van der Waals surface area contributed by atoms with Crippen LogP contribution in [0.4, 0.5) is 5.69 Å². The van der Waals surface area contributed by atoms with Crippen molar-refractivity contribution in [3.05, 3.63) is 42.2 Å². The molecule has 0 aliphatic heterocycles. The van der Waals surface area contributed by atoms with E-state index in [0.29, 0.717) is 22.5 Å². The molecule has 126 valence electrons. The molecule has 0 spiro atoms. The topological polar surface area (TPSA) is 96.4 Å². The Bertz CT molecular complexity index is 1030. The van der Waals surface area contributed by atoms with Crippen molar-refractivity contribution in [3.63, 3.8) is 0 Å². The number of pyridine rings is 1. The molecule has 3 aromatic rings. The van der Waals surface area contributed by atoms with Crippen molar-refractivity contribution in [2.45, 2.75) is 11.8 Å². The Hall–Kier alpha value is -2.74. The molecule has 0 fully saturated rings.